The summed E-state index contributed by atoms with van der Waals surface area (Å²) in [5.41, 5.74) is 0. The molecule has 2 fully saturated rings. The predicted octanol–water partition coefficient (Wildman–Crippen LogP) is 4.18. The zero-order valence-electron chi connectivity index (χ0n) is 14.0. The van der Waals surface area contributed by atoms with Crippen LogP contribution in [0.5, 0.6) is 0 Å². The number of thioether (sulfide) groups is 1. The summed E-state index contributed by atoms with van der Waals surface area (Å²) in [5.74, 6) is 0.00385. The van der Waals surface area contributed by atoms with Gasteiger partial charge in [0, 0.05) is 10.5 Å². The summed E-state index contributed by atoms with van der Waals surface area (Å²) in [6.45, 7) is 1.95. The fraction of sp³-hybridized carbons (Fsp3) is 0.529. The third-order valence-corrected chi connectivity index (χ3v) is 7.83. The molecule has 1 heterocycles. The fourth-order valence-electron chi connectivity index (χ4n) is 3.24. The van der Waals surface area contributed by atoms with E-state index in [9.17, 15) is 13.2 Å². The minimum Gasteiger partial charge on any atom is -0.287 e. The Bertz CT molecular complexity index is 772. The molecular formula is C17H21BrN2O3S2. The Morgan fingerprint density at radius 1 is 1.20 bits per heavy atom. The number of hydrogen-bond acceptors (Lipinski definition) is 4. The molecule has 1 aromatic carbocycles. The second-order valence-electron chi connectivity index (χ2n) is 6.32. The van der Waals surface area contributed by atoms with E-state index in [1.165, 1.54) is 30.3 Å². The van der Waals surface area contributed by atoms with Crippen molar-refractivity contribution in [2.24, 2.45) is 4.40 Å². The smallest absolute Gasteiger partial charge is 0.284 e. The Balaban J connectivity index is 1.95. The second-order valence-corrected chi connectivity index (χ2v) is 10.0. The molecule has 3 rings (SSSR count). The second kappa shape index (κ2) is 7.80. The molecule has 8 heteroatoms. The standard InChI is InChI=1S/C17H21BrN2O3S2/c1-2-15-16(21)20(13-6-4-3-5-7-13)17(24-15)19-25(22,23)14-10-8-12(18)9-11-14/h8-11,13,15H,2-7H2,1H3/t15-/m1/s1. The summed E-state index contributed by atoms with van der Waals surface area (Å²) < 4.78 is 30.2. The average Bonchev–Trinajstić information content (AvgIpc) is 2.90. The van der Waals surface area contributed by atoms with Gasteiger partial charge in [-0.05, 0) is 43.5 Å². The monoisotopic (exact) mass is 444 g/mol. The summed E-state index contributed by atoms with van der Waals surface area (Å²) in [6, 6.07) is 6.46. The molecule has 1 aliphatic carbocycles. The van der Waals surface area contributed by atoms with Gasteiger partial charge in [0.05, 0.1) is 10.1 Å². The Kier molecular flexibility index (Phi) is 5.90. The lowest BCUT2D eigenvalue weighted by molar-refractivity contribution is -0.128. The van der Waals surface area contributed by atoms with Crippen LogP contribution in [0.3, 0.4) is 0 Å². The van der Waals surface area contributed by atoms with Gasteiger partial charge >= 0.3 is 0 Å². The lowest BCUT2D eigenvalue weighted by atomic mass is 9.94. The van der Waals surface area contributed by atoms with Crippen LogP contribution < -0.4 is 0 Å². The van der Waals surface area contributed by atoms with Gasteiger partial charge < -0.3 is 0 Å². The molecule has 0 N–H and O–H groups in total. The Morgan fingerprint density at radius 3 is 2.44 bits per heavy atom. The van der Waals surface area contributed by atoms with Crippen LogP contribution in [0.15, 0.2) is 38.0 Å². The van der Waals surface area contributed by atoms with Crippen molar-refractivity contribution in [2.45, 2.75) is 61.6 Å². The van der Waals surface area contributed by atoms with Crippen LogP contribution in [0.2, 0.25) is 0 Å². The van der Waals surface area contributed by atoms with E-state index in [1.54, 1.807) is 17.0 Å². The summed E-state index contributed by atoms with van der Waals surface area (Å²) in [4.78, 5) is 14.5. The van der Waals surface area contributed by atoms with Gasteiger partial charge in [-0.1, -0.05) is 53.9 Å². The average molecular weight is 445 g/mol. The number of rotatable bonds is 4. The Morgan fingerprint density at radius 2 is 1.84 bits per heavy atom. The maximum absolute atomic E-state index is 12.7. The highest BCUT2D eigenvalue weighted by Crippen LogP contribution is 2.36. The molecule has 0 aromatic heterocycles. The van der Waals surface area contributed by atoms with E-state index in [0.29, 0.717) is 11.6 Å². The maximum atomic E-state index is 12.7. The van der Waals surface area contributed by atoms with Gasteiger partial charge in [0.25, 0.3) is 10.0 Å². The molecule has 1 amide bonds. The molecule has 1 aliphatic heterocycles. The lowest BCUT2D eigenvalue weighted by Gasteiger charge is -2.30. The quantitative estimate of drug-likeness (QED) is 0.698. The van der Waals surface area contributed by atoms with Crippen LogP contribution in [0.25, 0.3) is 0 Å². The molecule has 0 radical (unpaired) electrons. The van der Waals surface area contributed by atoms with E-state index < -0.39 is 10.0 Å². The Hall–Kier alpha value is -0.860. The number of amidine groups is 1. The van der Waals surface area contributed by atoms with E-state index in [4.69, 9.17) is 0 Å². The van der Waals surface area contributed by atoms with Gasteiger partial charge in [-0.25, -0.2) is 0 Å². The van der Waals surface area contributed by atoms with E-state index >= 15 is 0 Å². The number of sulfonamides is 1. The number of nitrogens with zero attached hydrogens (tertiary/aromatic N) is 2. The normalized spacial score (nSPS) is 24.2. The number of amides is 1. The maximum Gasteiger partial charge on any atom is 0.284 e. The molecule has 5 nitrogen and oxygen atoms in total. The molecule has 1 saturated carbocycles. The van der Waals surface area contributed by atoms with Gasteiger partial charge in [-0.3, -0.25) is 9.69 Å². The molecule has 1 aromatic rings. The highest BCUT2D eigenvalue weighted by molar-refractivity contribution is 9.10. The minimum absolute atomic E-state index is 0.00385. The zero-order valence-corrected chi connectivity index (χ0v) is 17.2. The van der Waals surface area contributed by atoms with Crippen molar-refractivity contribution in [1.82, 2.24) is 4.90 Å². The highest BCUT2D eigenvalue weighted by atomic mass is 79.9. The number of halogens is 1. The van der Waals surface area contributed by atoms with Crippen LogP contribution in [-0.4, -0.2) is 35.7 Å². The first-order chi connectivity index (χ1) is 11.9. The summed E-state index contributed by atoms with van der Waals surface area (Å²) in [7, 11) is -3.83. The molecule has 0 bridgehead atoms. The van der Waals surface area contributed by atoms with Crippen LogP contribution in [0, 0.1) is 0 Å². The fourth-order valence-corrected chi connectivity index (χ4v) is 5.84. The van der Waals surface area contributed by atoms with Gasteiger partial charge in [-0.2, -0.15) is 8.42 Å². The molecule has 25 heavy (non-hydrogen) atoms. The van der Waals surface area contributed by atoms with Crippen LogP contribution in [0.4, 0.5) is 0 Å². The first-order valence-electron chi connectivity index (χ1n) is 8.52. The lowest BCUT2D eigenvalue weighted by Crippen LogP contribution is -2.42. The van der Waals surface area contributed by atoms with Crippen molar-refractivity contribution in [3.63, 3.8) is 0 Å². The summed E-state index contributed by atoms with van der Waals surface area (Å²) >= 11 is 4.58. The van der Waals surface area contributed by atoms with Gasteiger partial charge in [-0.15, -0.1) is 4.40 Å². The number of benzene rings is 1. The van der Waals surface area contributed by atoms with Crippen molar-refractivity contribution in [3.05, 3.63) is 28.7 Å². The Labute approximate surface area is 161 Å². The highest BCUT2D eigenvalue weighted by Gasteiger charge is 2.42. The summed E-state index contributed by atoms with van der Waals surface area (Å²) in [6.07, 6.45) is 5.82. The largest absolute Gasteiger partial charge is 0.287 e. The van der Waals surface area contributed by atoms with Crippen molar-refractivity contribution < 1.29 is 13.2 Å². The van der Waals surface area contributed by atoms with Gasteiger partial charge in [0.1, 0.15) is 0 Å². The van der Waals surface area contributed by atoms with E-state index in [-0.39, 0.29) is 22.1 Å². The topological polar surface area (TPSA) is 66.8 Å². The number of carbonyl (C=O) groups excluding carboxylic acids is 1. The number of hydrogen-bond donors (Lipinski definition) is 0. The molecule has 0 unspecified atom stereocenters. The third-order valence-electron chi connectivity index (χ3n) is 4.59. The molecule has 1 atom stereocenters. The van der Waals surface area contributed by atoms with Gasteiger partial charge in [0.15, 0.2) is 5.17 Å². The van der Waals surface area contributed by atoms with Gasteiger partial charge in [0.2, 0.25) is 5.91 Å². The number of carbonyl (C=O) groups is 1. The SMILES string of the molecule is CC[C@H]1SC(=NS(=O)(=O)c2ccc(Br)cc2)N(C2CCCCC2)C1=O. The predicted molar refractivity (Wildman–Crippen MR) is 104 cm³/mol. The van der Waals surface area contributed by atoms with Crippen molar-refractivity contribution in [1.29, 1.82) is 0 Å². The van der Waals surface area contributed by atoms with Crippen molar-refractivity contribution in [3.8, 4) is 0 Å². The van der Waals surface area contributed by atoms with E-state index in [0.717, 1.165) is 30.2 Å². The van der Waals surface area contributed by atoms with Crippen LogP contribution in [-0.2, 0) is 14.8 Å². The third kappa shape index (κ3) is 4.11. The first-order valence-corrected chi connectivity index (χ1v) is 11.6. The zero-order chi connectivity index (χ0) is 18.0. The molecule has 2 aliphatic rings. The van der Waals surface area contributed by atoms with Crippen molar-refractivity contribution >= 4 is 48.8 Å². The van der Waals surface area contributed by atoms with Crippen LogP contribution >= 0.6 is 27.7 Å². The molecule has 136 valence electrons. The van der Waals surface area contributed by atoms with Crippen LogP contribution in [0.1, 0.15) is 45.4 Å². The molecule has 0 spiro atoms. The first kappa shape index (κ1) is 18.9. The van der Waals surface area contributed by atoms with E-state index in [1.807, 2.05) is 6.92 Å². The van der Waals surface area contributed by atoms with E-state index in [2.05, 4.69) is 20.3 Å². The minimum atomic E-state index is -3.83. The molecular weight excluding hydrogens is 424 g/mol. The van der Waals surface area contributed by atoms with Crippen molar-refractivity contribution in [2.75, 3.05) is 0 Å². The summed E-state index contributed by atoms with van der Waals surface area (Å²) in [5, 5.41) is 0.104. The molecule has 1 saturated heterocycles.